The smallest absolute Gasteiger partial charge is 0.150 e. The highest BCUT2D eigenvalue weighted by Gasteiger charge is 2.07. The van der Waals surface area contributed by atoms with Crippen LogP contribution in [0.2, 0.25) is 0 Å². The van der Waals surface area contributed by atoms with Crippen LogP contribution >= 0.6 is 15.9 Å². The molecule has 0 saturated heterocycles. The summed E-state index contributed by atoms with van der Waals surface area (Å²) in [6.07, 6.45) is 2.65. The lowest BCUT2D eigenvalue weighted by molar-refractivity contribution is 0.112. The van der Waals surface area contributed by atoms with E-state index in [-0.39, 0.29) is 0 Å². The van der Waals surface area contributed by atoms with Crippen LogP contribution < -0.4 is 5.73 Å². The van der Waals surface area contributed by atoms with E-state index >= 15 is 0 Å². The van der Waals surface area contributed by atoms with E-state index in [9.17, 15) is 4.79 Å². The van der Waals surface area contributed by atoms with Gasteiger partial charge in [0, 0.05) is 18.8 Å². The Bertz CT molecular complexity index is 659. The maximum Gasteiger partial charge on any atom is 0.150 e. The summed E-state index contributed by atoms with van der Waals surface area (Å²) in [5.41, 5.74) is 9.75. The lowest BCUT2D eigenvalue weighted by Crippen LogP contribution is -1.98. The van der Waals surface area contributed by atoms with E-state index in [0.29, 0.717) is 15.9 Å². The molecule has 5 heteroatoms. The molecule has 0 aliphatic carbocycles. The molecular formula is C14H14BrN3O. The number of aromatic nitrogens is 1. The summed E-state index contributed by atoms with van der Waals surface area (Å²) in [4.78, 5) is 15.2. The Morgan fingerprint density at radius 3 is 2.68 bits per heavy atom. The van der Waals surface area contributed by atoms with E-state index in [0.717, 1.165) is 23.2 Å². The summed E-state index contributed by atoms with van der Waals surface area (Å²) >= 11 is 3.46. The van der Waals surface area contributed by atoms with Crippen molar-refractivity contribution in [2.45, 2.75) is 6.92 Å². The van der Waals surface area contributed by atoms with Gasteiger partial charge >= 0.3 is 0 Å². The highest BCUT2D eigenvalue weighted by Crippen LogP contribution is 2.23. The normalized spacial score (nSPS) is 11.6. The number of hydrogen-bond donors (Lipinski definition) is 1. The van der Waals surface area contributed by atoms with E-state index in [2.05, 4.69) is 20.9 Å². The summed E-state index contributed by atoms with van der Waals surface area (Å²) < 4.78 is 2.60. The topological polar surface area (TPSA) is 60.4 Å². The van der Waals surface area contributed by atoms with E-state index in [1.54, 1.807) is 6.07 Å². The number of benzene rings is 1. The predicted molar refractivity (Wildman–Crippen MR) is 81.5 cm³/mol. The van der Waals surface area contributed by atoms with Gasteiger partial charge in [0.15, 0.2) is 0 Å². The van der Waals surface area contributed by atoms with Gasteiger partial charge in [0.25, 0.3) is 0 Å². The van der Waals surface area contributed by atoms with Crippen molar-refractivity contribution in [1.29, 1.82) is 0 Å². The number of aliphatic imine (C=N–C) groups is 1. The number of carbonyl (C=O) groups is 1. The molecular weight excluding hydrogens is 306 g/mol. The molecule has 0 unspecified atom stereocenters. The molecule has 4 nitrogen and oxygen atoms in total. The minimum atomic E-state index is 0.649. The van der Waals surface area contributed by atoms with E-state index in [4.69, 9.17) is 5.73 Å². The first-order valence-corrected chi connectivity index (χ1v) is 6.53. The number of aldehydes is 1. The summed E-state index contributed by atoms with van der Waals surface area (Å²) in [5, 5.41) is 0. The van der Waals surface area contributed by atoms with Crippen molar-refractivity contribution in [3.8, 4) is 0 Å². The molecule has 0 bridgehead atoms. The molecule has 1 heterocycles. The van der Waals surface area contributed by atoms with Gasteiger partial charge in [-0.2, -0.15) is 0 Å². The number of carbonyl (C=O) groups excluding carboxylic acids is 1. The molecule has 98 valence electrons. The Kier molecular flexibility index (Phi) is 3.85. The third kappa shape index (κ3) is 2.93. The minimum Gasteiger partial charge on any atom is -0.397 e. The Morgan fingerprint density at radius 2 is 2.16 bits per heavy atom. The molecule has 2 N–H and O–H groups in total. The van der Waals surface area contributed by atoms with Crippen molar-refractivity contribution < 1.29 is 4.79 Å². The van der Waals surface area contributed by atoms with Gasteiger partial charge in [-0.1, -0.05) is 0 Å². The Labute approximate surface area is 120 Å². The van der Waals surface area contributed by atoms with Gasteiger partial charge in [-0.15, -0.1) is 0 Å². The van der Waals surface area contributed by atoms with Gasteiger partial charge < -0.3 is 10.3 Å². The van der Waals surface area contributed by atoms with Crippen molar-refractivity contribution >= 4 is 38.2 Å². The molecule has 0 radical (unpaired) electrons. The van der Waals surface area contributed by atoms with E-state index < -0.39 is 0 Å². The van der Waals surface area contributed by atoms with Crippen LogP contribution in [0.3, 0.4) is 0 Å². The number of hydrogen-bond acceptors (Lipinski definition) is 3. The number of aryl methyl sites for hydroxylation is 2. The summed E-state index contributed by atoms with van der Waals surface area (Å²) in [6.45, 7) is 1.92. The molecule has 0 fully saturated rings. The van der Waals surface area contributed by atoms with Crippen LogP contribution in [0.15, 0.2) is 35.5 Å². The third-order valence-electron chi connectivity index (χ3n) is 2.81. The van der Waals surface area contributed by atoms with Crippen molar-refractivity contribution in [3.05, 3.63) is 47.3 Å². The third-order valence-corrected chi connectivity index (χ3v) is 3.40. The highest BCUT2D eigenvalue weighted by molar-refractivity contribution is 9.18. The van der Waals surface area contributed by atoms with Gasteiger partial charge in [-0.3, -0.25) is 4.79 Å². The molecule has 0 spiro atoms. The fourth-order valence-corrected chi connectivity index (χ4v) is 2.42. The largest absolute Gasteiger partial charge is 0.397 e. The fraction of sp³-hybridized carbons (Fsp3) is 0.143. The molecule has 1 aromatic carbocycles. The molecule has 2 aromatic rings. The average molecular weight is 320 g/mol. The number of nitrogens with two attached hydrogens (primary N) is 1. The number of nitrogens with zero attached hydrogens (tertiary/aromatic N) is 2. The first-order chi connectivity index (χ1) is 9.01. The second kappa shape index (κ2) is 5.40. The first kappa shape index (κ1) is 13.5. The zero-order valence-electron chi connectivity index (χ0n) is 10.7. The van der Waals surface area contributed by atoms with E-state index in [1.165, 1.54) is 0 Å². The Balaban J connectivity index is 2.40. The second-order valence-electron chi connectivity index (χ2n) is 4.34. The molecule has 2 rings (SSSR count). The average Bonchev–Trinajstić information content (AvgIpc) is 2.71. The molecule has 19 heavy (non-hydrogen) atoms. The summed E-state index contributed by atoms with van der Waals surface area (Å²) in [7, 11) is 1.91. The Hall–Kier alpha value is -1.88. The number of rotatable bonds is 3. The van der Waals surface area contributed by atoms with Gasteiger partial charge in [-0.05, 0) is 52.7 Å². The molecule has 0 atom stereocenters. The zero-order valence-corrected chi connectivity index (χ0v) is 12.3. The van der Waals surface area contributed by atoms with E-state index in [1.807, 2.05) is 42.9 Å². The lowest BCUT2D eigenvalue weighted by atomic mass is 10.1. The van der Waals surface area contributed by atoms with Crippen LogP contribution in [0.4, 0.5) is 11.4 Å². The lowest BCUT2D eigenvalue weighted by Gasteiger charge is -2.04. The summed E-state index contributed by atoms with van der Waals surface area (Å²) in [5.74, 6) is 0. The predicted octanol–water partition coefficient (Wildman–Crippen LogP) is 3.20. The minimum absolute atomic E-state index is 0.649. The van der Waals surface area contributed by atoms with Crippen LogP contribution in [0.5, 0.6) is 0 Å². The second-order valence-corrected chi connectivity index (χ2v) is 5.09. The summed E-state index contributed by atoms with van der Waals surface area (Å²) in [6, 6.07) is 7.24. The quantitative estimate of drug-likeness (QED) is 0.697. The highest BCUT2D eigenvalue weighted by atomic mass is 79.9. The molecule has 0 aliphatic heterocycles. The molecule has 0 amide bonds. The SMILES string of the molecule is Cc1cc(C=O)ccc1/N=C(\Br)c1cc(N)cn1C. The van der Waals surface area contributed by atoms with Gasteiger partial charge in [-0.25, -0.2) is 4.99 Å². The van der Waals surface area contributed by atoms with Crippen LogP contribution in [0, 0.1) is 6.92 Å². The van der Waals surface area contributed by atoms with Crippen LogP contribution in [0.1, 0.15) is 21.6 Å². The molecule has 0 saturated carbocycles. The van der Waals surface area contributed by atoms with Crippen molar-refractivity contribution in [3.63, 3.8) is 0 Å². The standard InChI is InChI=1S/C14H14BrN3O/c1-9-5-10(8-19)3-4-12(9)17-14(15)13-6-11(16)7-18(13)2/h3-8H,16H2,1-2H3/b17-14-. The maximum absolute atomic E-state index is 10.7. The van der Waals surface area contributed by atoms with Crippen molar-refractivity contribution in [2.75, 3.05) is 5.73 Å². The zero-order chi connectivity index (χ0) is 14.0. The Morgan fingerprint density at radius 1 is 1.42 bits per heavy atom. The first-order valence-electron chi connectivity index (χ1n) is 5.73. The van der Waals surface area contributed by atoms with Crippen molar-refractivity contribution in [2.24, 2.45) is 12.0 Å². The van der Waals surface area contributed by atoms with Gasteiger partial charge in [0.1, 0.15) is 10.9 Å². The van der Waals surface area contributed by atoms with Crippen LogP contribution in [0.25, 0.3) is 0 Å². The number of anilines is 1. The van der Waals surface area contributed by atoms with Crippen molar-refractivity contribution in [1.82, 2.24) is 4.57 Å². The van der Waals surface area contributed by atoms with Crippen LogP contribution in [-0.2, 0) is 7.05 Å². The molecule has 1 aromatic heterocycles. The van der Waals surface area contributed by atoms with Crippen LogP contribution in [-0.4, -0.2) is 15.5 Å². The fourth-order valence-electron chi connectivity index (χ4n) is 1.84. The maximum atomic E-state index is 10.7. The number of halogens is 1. The monoisotopic (exact) mass is 319 g/mol. The van der Waals surface area contributed by atoms with Gasteiger partial charge in [0.2, 0.25) is 0 Å². The molecule has 0 aliphatic rings. The van der Waals surface area contributed by atoms with Gasteiger partial charge in [0.05, 0.1) is 17.1 Å². The number of nitrogen functional groups attached to an aromatic ring is 1.